The van der Waals surface area contributed by atoms with Gasteiger partial charge in [0.2, 0.25) is 0 Å². The van der Waals surface area contributed by atoms with Crippen LogP contribution in [0.25, 0.3) is 0 Å². The van der Waals surface area contributed by atoms with Gasteiger partial charge in [0, 0.05) is 12.8 Å². The van der Waals surface area contributed by atoms with Gasteiger partial charge in [0.25, 0.3) is 0 Å². The van der Waals surface area contributed by atoms with Crippen LogP contribution in [0.4, 0.5) is 0 Å². The summed E-state index contributed by atoms with van der Waals surface area (Å²) in [4.78, 5) is 42.7. The Morgan fingerprint density at radius 2 is 1.22 bits per heavy atom. The van der Waals surface area contributed by atoms with Crippen molar-refractivity contribution in [3.63, 3.8) is 0 Å². The van der Waals surface area contributed by atoms with Crippen LogP contribution < -0.4 is 0 Å². The Morgan fingerprint density at radius 1 is 0.660 bits per heavy atom. The van der Waals surface area contributed by atoms with Gasteiger partial charge in [-0.1, -0.05) is 146 Å². The number of unbranched alkanes of at least 4 members (excludes halogenated alkanes) is 9. The molecule has 0 bridgehead atoms. The SMILES string of the molecule is CCCCC[C@@H](O)/C=C/C=C\C=C\C=C\[C@@H](O)[C@H](O)CCCC(=O)OC[C@H](COP(=O)(O)O)OC(=O)CCCCCCCCCCC(C)CC. The van der Waals surface area contributed by atoms with Crippen LogP contribution in [0, 0.1) is 5.92 Å². The van der Waals surface area contributed by atoms with E-state index in [0.29, 0.717) is 6.42 Å². The van der Waals surface area contributed by atoms with Crippen molar-refractivity contribution in [2.24, 2.45) is 5.92 Å². The maximum absolute atomic E-state index is 12.3. The lowest BCUT2D eigenvalue weighted by molar-refractivity contribution is -0.161. The quantitative estimate of drug-likeness (QED) is 0.0200. The van der Waals surface area contributed by atoms with Gasteiger partial charge in [-0.2, -0.15) is 0 Å². The Labute approximate surface area is 301 Å². The molecule has 0 spiro atoms. The number of phosphoric ester groups is 1. The average Bonchev–Trinajstić information content (AvgIpc) is 3.07. The average molecular weight is 731 g/mol. The van der Waals surface area contributed by atoms with Gasteiger partial charge < -0.3 is 34.6 Å². The van der Waals surface area contributed by atoms with Crippen molar-refractivity contribution < 1.29 is 53.3 Å². The van der Waals surface area contributed by atoms with Gasteiger partial charge in [0.1, 0.15) is 6.61 Å². The van der Waals surface area contributed by atoms with Crippen molar-refractivity contribution in [2.45, 2.75) is 161 Å². The lowest BCUT2D eigenvalue weighted by atomic mass is 9.99. The van der Waals surface area contributed by atoms with E-state index in [0.717, 1.165) is 50.9 Å². The summed E-state index contributed by atoms with van der Waals surface area (Å²) in [7, 11) is -4.83. The van der Waals surface area contributed by atoms with E-state index < -0.39 is 57.4 Å². The predicted molar refractivity (Wildman–Crippen MR) is 197 cm³/mol. The van der Waals surface area contributed by atoms with Gasteiger partial charge in [-0.25, -0.2) is 4.57 Å². The fourth-order valence-electron chi connectivity index (χ4n) is 4.91. The highest BCUT2D eigenvalue weighted by Crippen LogP contribution is 2.36. The number of carbonyl (C=O) groups is 2. The summed E-state index contributed by atoms with van der Waals surface area (Å²) in [5.74, 6) is -0.425. The van der Waals surface area contributed by atoms with Crippen LogP contribution in [0.15, 0.2) is 48.6 Å². The van der Waals surface area contributed by atoms with Crippen LogP contribution in [0.2, 0.25) is 0 Å². The number of allylic oxidation sites excluding steroid dienone is 6. The molecule has 0 saturated carbocycles. The fraction of sp³-hybridized carbons (Fsp3) is 0.737. The molecule has 0 aromatic carbocycles. The first kappa shape index (κ1) is 47.9. The molecular formula is C38H67O11P. The minimum absolute atomic E-state index is 0.0864. The second-order valence-corrected chi connectivity index (χ2v) is 14.3. The number of phosphoric acid groups is 1. The van der Waals surface area contributed by atoms with E-state index in [1.54, 1.807) is 42.5 Å². The zero-order chi connectivity index (χ0) is 37.5. The highest BCUT2D eigenvalue weighted by Gasteiger charge is 2.23. The third-order valence-electron chi connectivity index (χ3n) is 8.26. The van der Waals surface area contributed by atoms with E-state index in [-0.39, 0.29) is 25.7 Å². The number of hydrogen-bond acceptors (Lipinski definition) is 9. The van der Waals surface area contributed by atoms with Crippen LogP contribution in [0.5, 0.6) is 0 Å². The number of rotatable bonds is 32. The molecule has 0 aromatic heterocycles. The predicted octanol–water partition coefficient (Wildman–Crippen LogP) is 7.56. The monoisotopic (exact) mass is 730 g/mol. The molecule has 12 heteroatoms. The van der Waals surface area contributed by atoms with Crippen molar-refractivity contribution >= 4 is 19.8 Å². The minimum Gasteiger partial charge on any atom is -0.462 e. The molecule has 0 aliphatic heterocycles. The van der Waals surface area contributed by atoms with E-state index in [1.165, 1.54) is 44.6 Å². The molecule has 0 heterocycles. The van der Waals surface area contributed by atoms with Crippen LogP contribution in [0.1, 0.15) is 136 Å². The molecule has 0 fully saturated rings. The highest BCUT2D eigenvalue weighted by atomic mass is 31.2. The Kier molecular flexibility index (Phi) is 30.3. The summed E-state index contributed by atoms with van der Waals surface area (Å²) in [6.45, 7) is 5.55. The van der Waals surface area contributed by atoms with Gasteiger partial charge in [-0.3, -0.25) is 14.1 Å². The van der Waals surface area contributed by atoms with E-state index in [4.69, 9.17) is 19.3 Å². The number of ether oxygens (including phenoxy) is 2. The molecule has 5 N–H and O–H groups in total. The molecule has 0 saturated heterocycles. The summed E-state index contributed by atoms with van der Waals surface area (Å²) in [6.07, 6.45) is 25.0. The molecule has 0 amide bonds. The van der Waals surface area contributed by atoms with Crippen LogP contribution >= 0.6 is 7.82 Å². The van der Waals surface area contributed by atoms with E-state index >= 15 is 0 Å². The third-order valence-corrected chi connectivity index (χ3v) is 8.74. The van der Waals surface area contributed by atoms with Crippen LogP contribution in [-0.4, -0.2) is 74.7 Å². The van der Waals surface area contributed by atoms with Crippen molar-refractivity contribution in [1.29, 1.82) is 0 Å². The van der Waals surface area contributed by atoms with Crippen molar-refractivity contribution in [2.75, 3.05) is 13.2 Å². The molecule has 290 valence electrons. The molecular weight excluding hydrogens is 663 g/mol. The Hall–Kier alpha value is -2.11. The number of aliphatic hydroxyl groups is 3. The van der Waals surface area contributed by atoms with Gasteiger partial charge in [0.15, 0.2) is 6.10 Å². The largest absolute Gasteiger partial charge is 0.469 e. The zero-order valence-electron chi connectivity index (χ0n) is 30.8. The topological polar surface area (TPSA) is 180 Å². The molecule has 0 aliphatic rings. The first-order valence-electron chi connectivity index (χ1n) is 18.7. The summed E-state index contributed by atoms with van der Waals surface area (Å²) in [6, 6.07) is 0. The third kappa shape index (κ3) is 31.8. The van der Waals surface area contributed by atoms with Gasteiger partial charge >= 0.3 is 19.8 Å². The molecule has 0 aliphatic carbocycles. The Morgan fingerprint density at radius 3 is 1.84 bits per heavy atom. The lowest BCUT2D eigenvalue weighted by Crippen LogP contribution is -2.29. The number of aliphatic hydroxyl groups excluding tert-OH is 3. The standard InChI is InChI=1S/C38H67O11P/c1-4-6-17-24-33(39)25-19-14-11-12-15-20-26-35(40)36(41)27-22-29-37(42)47-30-34(31-48-50(44,45)46)49-38(43)28-21-16-10-8-7-9-13-18-23-32(3)5-2/h11-12,14-15,19-20,25-26,32-36,39-41H,4-10,13,16-18,21-24,27-31H2,1-3H3,(H2,44,45,46)/b14-11-,15-12+,25-19+,26-20+/t32?,33-,34-,35-,36-/m1/s1. The maximum Gasteiger partial charge on any atom is 0.469 e. The minimum atomic E-state index is -4.83. The van der Waals surface area contributed by atoms with Crippen molar-refractivity contribution in [1.82, 2.24) is 0 Å². The summed E-state index contributed by atoms with van der Waals surface area (Å²) in [5.41, 5.74) is 0. The molecule has 0 rings (SSSR count). The summed E-state index contributed by atoms with van der Waals surface area (Å²) in [5, 5.41) is 30.2. The van der Waals surface area contributed by atoms with Crippen molar-refractivity contribution in [3.05, 3.63) is 48.6 Å². The van der Waals surface area contributed by atoms with Gasteiger partial charge in [-0.15, -0.1) is 0 Å². The van der Waals surface area contributed by atoms with Gasteiger partial charge in [0.05, 0.1) is 24.9 Å². The first-order valence-corrected chi connectivity index (χ1v) is 20.2. The van der Waals surface area contributed by atoms with Crippen molar-refractivity contribution in [3.8, 4) is 0 Å². The van der Waals surface area contributed by atoms with Crippen LogP contribution in [-0.2, 0) is 28.2 Å². The smallest absolute Gasteiger partial charge is 0.462 e. The first-order chi connectivity index (χ1) is 23.9. The highest BCUT2D eigenvalue weighted by molar-refractivity contribution is 7.46. The summed E-state index contributed by atoms with van der Waals surface area (Å²) < 4.78 is 26.1. The lowest BCUT2D eigenvalue weighted by Gasteiger charge is -2.18. The molecule has 50 heavy (non-hydrogen) atoms. The number of carbonyl (C=O) groups excluding carboxylic acids is 2. The van der Waals surface area contributed by atoms with E-state index in [1.807, 2.05) is 0 Å². The second kappa shape index (κ2) is 31.6. The van der Waals surface area contributed by atoms with Crippen LogP contribution in [0.3, 0.4) is 0 Å². The molecule has 0 aromatic rings. The number of hydrogen-bond donors (Lipinski definition) is 5. The molecule has 1 unspecified atom stereocenters. The summed E-state index contributed by atoms with van der Waals surface area (Å²) >= 11 is 0. The molecule has 5 atom stereocenters. The zero-order valence-corrected chi connectivity index (χ0v) is 31.7. The second-order valence-electron chi connectivity index (χ2n) is 13.0. The number of esters is 2. The fourth-order valence-corrected chi connectivity index (χ4v) is 5.27. The Bertz CT molecular complexity index is 1020. The molecule has 0 radical (unpaired) electrons. The van der Waals surface area contributed by atoms with Gasteiger partial charge in [-0.05, 0) is 31.6 Å². The maximum atomic E-state index is 12.3. The van der Waals surface area contributed by atoms with E-state index in [2.05, 4.69) is 25.3 Å². The molecule has 11 nitrogen and oxygen atoms in total. The van der Waals surface area contributed by atoms with E-state index in [9.17, 15) is 29.5 Å². The Balaban J connectivity index is 4.36. The normalized spacial score (nSPS) is 15.6.